The Hall–Kier alpha value is -1.80. The zero-order chi connectivity index (χ0) is 17.3. The second-order valence-electron chi connectivity index (χ2n) is 5.34. The largest absolute Gasteiger partial charge is 0.462 e. The zero-order valence-electron chi connectivity index (χ0n) is 12.9. The molecule has 0 spiro atoms. The summed E-state index contributed by atoms with van der Waals surface area (Å²) in [6, 6.07) is 1.93. The van der Waals surface area contributed by atoms with Crippen molar-refractivity contribution in [2.24, 2.45) is 0 Å². The van der Waals surface area contributed by atoms with Crippen LogP contribution in [0.25, 0.3) is 11.3 Å². The van der Waals surface area contributed by atoms with Gasteiger partial charge in [-0.25, -0.2) is 13.6 Å². The van der Waals surface area contributed by atoms with Gasteiger partial charge in [0.2, 0.25) is 0 Å². The number of hydrogen-bond donors (Lipinski definition) is 0. The van der Waals surface area contributed by atoms with E-state index in [9.17, 15) is 13.6 Å². The molecule has 1 saturated heterocycles. The number of carbonyl (C=O) groups is 1. The molecule has 128 valence electrons. The second-order valence-corrected chi connectivity index (χ2v) is 6.19. The highest BCUT2D eigenvalue weighted by atomic mass is 79.9. The zero-order valence-corrected chi connectivity index (χ0v) is 14.5. The van der Waals surface area contributed by atoms with E-state index in [1.165, 1.54) is 10.9 Å². The Balaban J connectivity index is 2.17. The van der Waals surface area contributed by atoms with Gasteiger partial charge in [0.05, 0.1) is 35.6 Å². The Labute approximate surface area is 145 Å². The van der Waals surface area contributed by atoms with Gasteiger partial charge in [-0.15, -0.1) is 0 Å². The van der Waals surface area contributed by atoms with Gasteiger partial charge in [0.25, 0.3) is 0 Å². The Morgan fingerprint density at radius 3 is 2.92 bits per heavy atom. The highest BCUT2D eigenvalue weighted by Gasteiger charge is 2.28. The van der Waals surface area contributed by atoms with Crippen LogP contribution >= 0.6 is 15.9 Å². The summed E-state index contributed by atoms with van der Waals surface area (Å²) < 4.78 is 40.3. The fraction of sp³-hybridized carbons (Fsp3) is 0.375. The van der Waals surface area contributed by atoms with E-state index in [4.69, 9.17) is 9.47 Å². The number of rotatable bonds is 4. The average Bonchev–Trinajstić information content (AvgIpc) is 3.19. The van der Waals surface area contributed by atoms with Crippen molar-refractivity contribution in [1.82, 2.24) is 9.78 Å². The summed E-state index contributed by atoms with van der Waals surface area (Å²) in [6.45, 7) is 2.80. The third-order valence-electron chi connectivity index (χ3n) is 3.81. The first-order valence-corrected chi connectivity index (χ1v) is 8.29. The number of hydrogen-bond acceptors (Lipinski definition) is 4. The molecule has 1 aliphatic heterocycles. The Morgan fingerprint density at radius 2 is 2.25 bits per heavy atom. The number of ether oxygens (including phenoxy) is 2. The maximum atomic E-state index is 14.5. The minimum absolute atomic E-state index is 0.0108. The first-order chi connectivity index (χ1) is 11.5. The fourth-order valence-electron chi connectivity index (χ4n) is 2.68. The summed E-state index contributed by atoms with van der Waals surface area (Å²) in [5.74, 6) is -1.91. The summed E-state index contributed by atoms with van der Waals surface area (Å²) in [5, 5.41) is 4.21. The Morgan fingerprint density at radius 1 is 1.46 bits per heavy atom. The van der Waals surface area contributed by atoms with Crippen molar-refractivity contribution in [3.8, 4) is 11.3 Å². The van der Waals surface area contributed by atoms with Crippen LogP contribution in [0.3, 0.4) is 0 Å². The lowest BCUT2D eigenvalue weighted by molar-refractivity contribution is 0.0527. The van der Waals surface area contributed by atoms with E-state index in [0.29, 0.717) is 19.6 Å². The summed E-state index contributed by atoms with van der Waals surface area (Å²) in [6.07, 6.45) is 2.00. The van der Waals surface area contributed by atoms with E-state index in [2.05, 4.69) is 21.0 Å². The fourth-order valence-corrected chi connectivity index (χ4v) is 3.00. The lowest BCUT2D eigenvalue weighted by atomic mass is 10.1. The molecule has 24 heavy (non-hydrogen) atoms. The molecule has 1 aliphatic rings. The molecule has 0 aliphatic carbocycles. The molecule has 0 N–H and O–H groups in total. The normalized spacial score (nSPS) is 17.2. The van der Waals surface area contributed by atoms with Crippen molar-refractivity contribution < 1.29 is 23.0 Å². The second kappa shape index (κ2) is 6.98. The Bertz CT molecular complexity index is 773. The van der Waals surface area contributed by atoms with Crippen molar-refractivity contribution >= 4 is 21.9 Å². The van der Waals surface area contributed by atoms with Crippen molar-refractivity contribution in [1.29, 1.82) is 0 Å². The van der Waals surface area contributed by atoms with Crippen molar-refractivity contribution in [2.45, 2.75) is 19.4 Å². The molecule has 5 nitrogen and oxygen atoms in total. The van der Waals surface area contributed by atoms with Gasteiger partial charge in [-0.05, 0) is 41.4 Å². The van der Waals surface area contributed by atoms with E-state index in [1.807, 2.05) is 0 Å². The van der Waals surface area contributed by atoms with Gasteiger partial charge in [0.15, 0.2) is 0 Å². The number of nitrogens with zero attached hydrogens (tertiary/aromatic N) is 2. The van der Waals surface area contributed by atoms with Crippen LogP contribution in [0.2, 0.25) is 0 Å². The number of aromatic nitrogens is 2. The van der Waals surface area contributed by atoms with Crippen LogP contribution in [0.4, 0.5) is 8.78 Å². The molecular weight excluding hydrogens is 386 g/mol. The molecule has 1 fully saturated rings. The quantitative estimate of drug-likeness (QED) is 0.579. The van der Waals surface area contributed by atoms with E-state index >= 15 is 0 Å². The molecule has 1 aromatic carbocycles. The number of esters is 1. The molecule has 1 atom stereocenters. The minimum atomic E-state index is -0.658. The van der Waals surface area contributed by atoms with Gasteiger partial charge in [-0.2, -0.15) is 5.10 Å². The molecule has 3 rings (SSSR count). The number of carbonyl (C=O) groups excluding carboxylic acids is 1. The van der Waals surface area contributed by atoms with Crippen LogP contribution < -0.4 is 0 Å². The van der Waals surface area contributed by atoms with Gasteiger partial charge in [-0.3, -0.25) is 4.68 Å². The van der Waals surface area contributed by atoms with Crippen molar-refractivity contribution in [3.63, 3.8) is 0 Å². The van der Waals surface area contributed by atoms with Gasteiger partial charge < -0.3 is 9.47 Å². The SMILES string of the molecule is CCOC(=O)c1cnn([C@@H]2CCOC2)c1-c1cc(F)c(Br)cc1F. The molecule has 8 heteroatoms. The van der Waals surface area contributed by atoms with Crippen LogP contribution in [-0.2, 0) is 9.47 Å². The van der Waals surface area contributed by atoms with Gasteiger partial charge >= 0.3 is 5.97 Å². The van der Waals surface area contributed by atoms with Gasteiger partial charge in [-0.1, -0.05) is 0 Å². The molecule has 0 bridgehead atoms. The molecule has 2 heterocycles. The third-order valence-corrected chi connectivity index (χ3v) is 4.42. The third kappa shape index (κ3) is 3.08. The summed E-state index contributed by atoms with van der Waals surface area (Å²) in [5.41, 5.74) is 0.264. The summed E-state index contributed by atoms with van der Waals surface area (Å²) in [7, 11) is 0. The predicted molar refractivity (Wildman–Crippen MR) is 85.7 cm³/mol. The number of benzene rings is 1. The highest BCUT2D eigenvalue weighted by molar-refractivity contribution is 9.10. The summed E-state index contributed by atoms with van der Waals surface area (Å²) >= 11 is 2.95. The van der Waals surface area contributed by atoms with Crippen LogP contribution in [0.15, 0.2) is 22.8 Å². The van der Waals surface area contributed by atoms with Crippen LogP contribution in [0.1, 0.15) is 29.7 Å². The van der Waals surface area contributed by atoms with Crippen LogP contribution in [0, 0.1) is 11.6 Å². The van der Waals surface area contributed by atoms with Crippen molar-refractivity contribution in [3.05, 3.63) is 40.0 Å². The first kappa shape index (κ1) is 17.0. The average molecular weight is 401 g/mol. The highest BCUT2D eigenvalue weighted by Crippen LogP contribution is 2.34. The van der Waals surface area contributed by atoms with Crippen LogP contribution in [0.5, 0.6) is 0 Å². The first-order valence-electron chi connectivity index (χ1n) is 7.50. The maximum Gasteiger partial charge on any atom is 0.341 e. The monoisotopic (exact) mass is 400 g/mol. The van der Waals surface area contributed by atoms with E-state index in [-0.39, 0.29) is 33.9 Å². The van der Waals surface area contributed by atoms with E-state index in [1.54, 1.807) is 6.92 Å². The van der Waals surface area contributed by atoms with E-state index < -0.39 is 17.6 Å². The molecule has 0 unspecified atom stereocenters. The lowest BCUT2D eigenvalue weighted by Crippen LogP contribution is -2.14. The number of halogens is 3. The predicted octanol–water partition coefficient (Wildman–Crippen LogP) is 3.73. The summed E-state index contributed by atoms with van der Waals surface area (Å²) in [4.78, 5) is 12.2. The van der Waals surface area contributed by atoms with Gasteiger partial charge in [0, 0.05) is 12.2 Å². The van der Waals surface area contributed by atoms with Crippen LogP contribution in [-0.4, -0.2) is 35.6 Å². The minimum Gasteiger partial charge on any atom is -0.462 e. The lowest BCUT2D eigenvalue weighted by Gasteiger charge is -2.15. The molecule has 0 radical (unpaired) electrons. The van der Waals surface area contributed by atoms with Crippen molar-refractivity contribution in [2.75, 3.05) is 19.8 Å². The molecule has 2 aromatic rings. The van der Waals surface area contributed by atoms with E-state index in [0.717, 1.165) is 12.1 Å². The molecule has 0 saturated carbocycles. The molecule has 0 amide bonds. The molecular formula is C16H15BrF2N2O3. The Kier molecular flexibility index (Phi) is 4.96. The van der Waals surface area contributed by atoms with Gasteiger partial charge in [0.1, 0.15) is 17.2 Å². The standard InChI is InChI=1S/C16H15BrF2N2O3/c1-2-24-16(22)11-7-20-21(9-3-4-23-8-9)15(11)10-5-14(19)12(17)6-13(10)18/h5-7,9H,2-4,8H2,1H3/t9-/m1/s1. The smallest absolute Gasteiger partial charge is 0.341 e. The topological polar surface area (TPSA) is 53.3 Å². The molecule has 1 aromatic heterocycles. The maximum absolute atomic E-state index is 14.5.